The number of hydrogen-bond donors (Lipinski definition) is 1. The minimum Gasteiger partial charge on any atom is -0.391 e. The van der Waals surface area contributed by atoms with Gasteiger partial charge in [0.15, 0.2) is 0 Å². The van der Waals surface area contributed by atoms with Gasteiger partial charge in [-0.05, 0) is 34.5 Å². The van der Waals surface area contributed by atoms with Gasteiger partial charge in [0.1, 0.15) is 6.61 Å². The zero-order valence-corrected chi connectivity index (χ0v) is 23.9. The molecule has 0 bridgehead atoms. The molecule has 216 valence electrons. The summed E-state index contributed by atoms with van der Waals surface area (Å²) in [5, 5.41) is 11.1. The van der Waals surface area contributed by atoms with Crippen LogP contribution < -0.4 is 5.32 Å². The first-order chi connectivity index (χ1) is 20.1. The molecule has 6 nitrogen and oxygen atoms in total. The topological polar surface area (TPSA) is 72.3 Å². The highest BCUT2D eigenvalue weighted by atomic mass is 35.5. The lowest BCUT2D eigenvalue weighted by Crippen LogP contribution is -2.42. The number of carbonyl (C=O) groups excluding carboxylic acids is 1. The second-order valence-corrected chi connectivity index (χ2v) is 10.5. The zero-order chi connectivity index (χ0) is 29.9. The minimum atomic E-state index is -4.87. The van der Waals surface area contributed by atoms with Crippen LogP contribution >= 0.6 is 34.8 Å². The molecule has 0 fully saturated rings. The molecule has 42 heavy (non-hydrogen) atoms. The average molecular weight is 635 g/mol. The Morgan fingerprint density at radius 2 is 1.67 bits per heavy atom. The van der Waals surface area contributed by atoms with Crippen LogP contribution in [0.2, 0.25) is 15.1 Å². The molecule has 0 radical (unpaired) electrons. The molecule has 0 aliphatic carbocycles. The molecule has 0 saturated heterocycles. The van der Waals surface area contributed by atoms with E-state index in [0.29, 0.717) is 28.5 Å². The highest BCUT2D eigenvalue weighted by Gasteiger charge is 2.62. The third-order valence-electron chi connectivity index (χ3n) is 6.69. The van der Waals surface area contributed by atoms with Crippen LogP contribution in [0.3, 0.4) is 0 Å². The lowest BCUT2D eigenvalue weighted by atomic mass is 9.85. The number of benzene rings is 4. The maximum Gasteiger partial charge on any atom is 0.435 e. The first-order valence-corrected chi connectivity index (χ1v) is 13.7. The Bertz CT molecular complexity index is 1670. The first kappa shape index (κ1) is 29.7. The van der Waals surface area contributed by atoms with Crippen LogP contribution in [0, 0.1) is 0 Å². The van der Waals surface area contributed by atoms with Crippen LogP contribution in [0.4, 0.5) is 13.2 Å². The van der Waals surface area contributed by atoms with Crippen molar-refractivity contribution >= 4 is 63.4 Å². The van der Waals surface area contributed by atoms with Crippen LogP contribution in [0.15, 0.2) is 89.2 Å². The summed E-state index contributed by atoms with van der Waals surface area (Å²) in [6.07, 6.45) is -4.10. The summed E-state index contributed by atoms with van der Waals surface area (Å²) in [5.41, 5.74) is -1.46. The molecule has 1 amide bonds. The molecule has 0 saturated carbocycles. The van der Waals surface area contributed by atoms with Crippen molar-refractivity contribution < 1.29 is 27.6 Å². The summed E-state index contributed by atoms with van der Waals surface area (Å²) in [6, 6.07) is 21.6. The molecular weight excluding hydrogens is 614 g/mol. The van der Waals surface area contributed by atoms with Gasteiger partial charge >= 0.3 is 6.18 Å². The van der Waals surface area contributed by atoms with E-state index in [1.807, 2.05) is 30.3 Å². The standard InChI is InChI=1S/C30H21Cl3F3N3O3/c31-24-14-19(15-25(32)27(24)33)29(30(34,35)36)16-26(39-42-29)22-10-11-23(21-9-5-4-8-20(21)22)28(40)37-12-13-38-41-17-18-6-2-1-3-7-18/h1-11,13-15H,12,16-17H2,(H,37,40)/b38-13+. The van der Waals surface area contributed by atoms with Gasteiger partial charge in [-0.25, -0.2) is 0 Å². The predicted octanol–water partition coefficient (Wildman–Crippen LogP) is 8.31. The van der Waals surface area contributed by atoms with Crippen molar-refractivity contribution in [1.82, 2.24) is 5.32 Å². The molecular formula is C30H21Cl3F3N3O3. The summed E-state index contributed by atoms with van der Waals surface area (Å²) >= 11 is 18.1. The Morgan fingerprint density at radius 3 is 2.36 bits per heavy atom. The fourth-order valence-electron chi connectivity index (χ4n) is 4.60. The van der Waals surface area contributed by atoms with Crippen LogP contribution in [-0.4, -0.2) is 30.6 Å². The quantitative estimate of drug-likeness (QED) is 0.120. The monoisotopic (exact) mass is 633 g/mol. The Morgan fingerprint density at radius 1 is 1.00 bits per heavy atom. The molecule has 5 rings (SSSR count). The third-order valence-corrected chi connectivity index (χ3v) is 7.89. The number of alkyl halides is 3. The second-order valence-electron chi connectivity index (χ2n) is 9.35. The van der Waals surface area contributed by atoms with E-state index in [1.54, 1.807) is 30.3 Å². The lowest BCUT2D eigenvalue weighted by Gasteiger charge is -2.30. The second kappa shape index (κ2) is 12.2. The third kappa shape index (κ3) is 5.90. The van der Waals surface area contributed by atoms with E-state index >= 15 is 0 Å². The number of hydrogen-bond acceptors (Lipinski definition) is 5. The molecule has 12 heteroatoms. The van der Waals surface area contributed by atoms with Gasteiger partial charge in [-0.3, -0.25) is 4.79 Å². The number of rotatable bonds is 8. The van der Waals surface area contributed by atoms with Gasteiger partial charge in [0.05, 0.1) is 33.5 Å². The molecule has 1 aliphatic heterocycles. The van der Waals surface area contributed by atoms with Gasteiger partial charge in [0, 0.05) is 23.1 Å². The van der Waals surface area contributed by atoms with E-state index in [1.165, 1.54) is 12.3 Å². The highest BCUT2D eigenvalue weighted by Crippen LogP contribution is 2.51. The van der Waals surface area contributed by atoms with E-state index in [0.717, 1.165) is 17.7 Å². The van der Waals surface area contributed by atoms with Crippen LogP contribution in [0.25, 0.3) is 10.8 Å². The maximum atomic E-state index is 14.5. The van der Waals surface area contributed by atoms with E-state index in [9.17, 15) is 18.0 Å². The van der Waals surface area contributed by atoms with Crippen molar-refractivity contribution in [3.63, 3.8) is 0 Å². The summed E-state index contributed by atoms with van der Waals surface area (Å²) in [6.45, 7) is 0.392. The van der Waals surface area contributed by atoms with E-state index < -0.39 is 24.1 Å². The molecule has 1 atom stereocenters. The number of fused-ring (bicyclic) bond motifs is 1. The number of carbonyl (C=O) groups is 1. The molecule has 1 unspecified atom stereocenters. The van der Waals surface area contributed by atoms with Gasteiger partial charge in [0.25, 0.3) is 11.5 Å². The number of oxime groups is 2. The maximum absolute atomic E-state index is 14.5. The fourth-order valence-corrected chi connectivity index (χ4v) is 5.19. The molecule has 0 spiro atoms. The Balaban J connectivity index is 1.35. The fraction of sp³-hybridized carbons (Fsp3) is 0.167. The lowest BCUT2D eigenvalue weighted by molar-refractivity contribution is -0.275. The zero-order valence-electron chi connectivity index (χ0n) is 21.6. The largest absolute Gasteiger partial charge is 0.435 e. The van der Waals surface area contributed by atoms with Crippen LogP contribution in [-0.2, 0) is 21.9 Å². The van der Waals surface area contributed by atoms with Gasteiger partial charge < -0.3 is 15.0 Å². The van der Waals surface area contributed by atoms with Gasteiger partial charge in [0.2, 0.25) is 0 Å². The molecule has 1 aliphatic rings. The average Bonchev–Trinajstić information content (AvgIpc) is 3.44. The van der Waals surface area contributed by atoms with Crippen molar-refractivity contribution in [1.29, 1.82) is 0 Å². The molecule has 4 aromatic carbocycles. The molecule has 0 aromatic heterocycles. The molecule has 1 N–H and O–H groups in total. The van der Waals surface area contributed by atoms with Crippen LogP contribution in [0.5, 0.6) is 0 Å². The first-order valence-electron chi connectivity index (χ1n) is 12.6. The van der Waals surface area contributed by atoms with E-state index in [-0.39, 0.29) is 32.9 Å². The Kier molecular flexibility index (Phi) is 8.63. The van der Waals surface area contributed by atoms with Crippen molar-refractivity contribution in [3.05, 3.63) is 116 Å². The summed E-state index contributed by atoms with van der Waals surface area (Å²) < 4.78 is 43.6. The number of halogens is 6. The smallest absolute Gasteiger partial charge is 0.391 e. The van der Waals surface area contributed by atoms with Crippen molar-refractivity contribution in [2.45, 2.75) is 24.8 Å². The highest BCUT2D eigenvalue weighted by molar-refractivity contribution is 6.48. The number of nitrogens with zero attached hydrogens (tertiary/aromatic N) is 2. The van der Waals surface area contributed by atoms with Crippen molar-refractivity contribution in [3.8, 4) is 0 Å². The summed E-state index contributed by atoms with van der Waals surface area (Å²) in [5.74, 6) is -0.396. The summed E-state index contributed by atoms with van der Waals surface area (Å²) in [7, 11) is 0. The van der Waals surface area contributed by atoms with Crippen molar-refractivity contribution in [2.24, 2.45) is 10.3 Å². The number of amides is 1. The SMILES string of the molecule is O=C(NC/C=N/OCc1ccccc1)c1ccc(C2=NOC(c3cc(Cl)c(Cl)c(Cl)c3)(C(F)(F)F)C2)c2ccccc12. The molecule has 4 aromatic rings. The van der Waals surface area contributed by atoms with Gasteiger partial charge in [-0.15, -0.1) is 0 Å². The minimum absolute atomic E-state index is 0.0420. The molecule has 1 heterocycles. The van der Waals surface area contributed by atoms with Gasteiger partial charge in [-0.1, -0.05) is 106 Å². The predicted molar refractivity (Wildman–Crippen MR) is 157 cm³/mol. The van der Waals surface area contributed by atoms with E-state index in [4.69, 9.17) is 44.5 Å². The normalized spacial score (nSPS) is 16.9. The van der Waals surface area contributed by atoms with Gasteiger partial charge in [-0.2, -0.15) is 13.2 Å². The van der Waals surface area contributed by atoms with Crippen LogP contribution in [0.1, 0.15) is 33.5 Å². The Labute approximate surface area is 253 Å². The van der Waals surface area contributed by atoms with Crippen molar-refractivity contribution in [2.75, 3.05) is 6.54 Å². The van der Waals surface area contributed by atoms with E-state index in [2.05, 4.69) is 15.6 Å². The number of nitrogens with one attached hydrogen (secondary N) is 1. The summed E-state index contributed by atoms with van der Waals surface area (Å²) in [4.78, 5) is 23.4. The Hall–Kier alpha value is -3.79.